The second-order valence-corrected chi connectivity index (χ2v) is 9.06. The minimum atomic E-state index is -5.09. The second-order valence-electron chi connectivity index (χ2n) is 9.06. The fourth-order valence-electron chi connectivity index (χ4n) is 4.14. The summed E-state index contributed by atoms with van der Waals surface area (Å²) in [6.07, 6.45) is -7.37. The number of rotatable bonds is 10. The zero-order chi connectivity index (χ0) is 31.5. The average Bonchev–Trinajstić information content (AvgIpc) is 2.91. The molecule has 0 bridgehead atoms. The molecule has 0 aliphatic heterocycles. The number of nitrogens with one attached hydrogen (secondary N) is 2. The van der Waals surface area contributed by atoms with E-state index in [2.05, 4.69) is 25.1 Å². The lowest BCUT2D eigenvalue weighted by atomic mass is 10.1. The molecule has 0 amide bonds. The number of pyridine rings is 3. The van der Waals surface area contributed by atoms with Crippen molar-refractivity contribution in [3.05, 3.63) is 80.5 Å². The number of aromatic amines is 1. The minimum absolute atomic E-state index is 0.00528. The normalized spacial score (nSPS) is 13.1. The van der Waals surface area contributed by atoms with E-state index in [-0.39, 0.29) is 36.0 Å². The molecule has 4 aromatic heterocycles. The number of halogens is 9. The SMILES string of the molecule is O=c1[nH]ncc(N[C@H](CCCn2ccc3nc(-c4ccc(C(F)(F)F)cn4)c(F)cc3c2=O)COC(F)F)c1C(F)(F)F. The van der Waals surface area contributed by atoms with Crippen molar-refractivity contribution in [2.24, 2.45) is 0 Å². The van der Waals surface area contributed by atoms with Crippen molar-refractivity contribution in [2.45, 2.75) is 44.4 Å². The highest BCUT2D eigenvalue weighted by Gasteiger charge is 2.38. The summed E-state index contributed by atoms with van der Waals surface area (Å²) in [4.78, 5) is 32.3. The standard InChI is InChI=1S/C25H19F9N6O3/c26-15-8-14-16(38-20(15)17-4-3-12(9-35-17)24(29,30)31)5-7-40(22(14)42)6-1-2-13(11-43-23(27)28)37-18-10-36-39-21(41)19(18)25(32,33)34/h3-5,7-10,13,23H,1-2,6,11H2,(H2,37,39,41)/t13-/m1/s1. The number of ether oxygens (including phenoxy) is 1. The van der Waals surface area contributed by atoms with Crippen LogP contribution < -0.4 is 16.4 Å². The van der Waals surface area contributed by atoms with E-state index < -0.39 is 71.1 Å². The maximum Gasteiger partial charge on any atom is 0.423 e. The molecule has 0 aromatic carbocycles. The molecule has 0 aliphatic rings. The first-order valence-corrected chi connectivity index (χ1v) is 12.2. The van der Waals surface area contributed by atoms with Gasteiger partial charge in [0.2, 0.25) is 0 Å². The molecule has 4 aromatic rings. The molecule has 4 rings (SSSR count). The predicted octanol–water partition coefficient (Wildman–Crippen LogP) is 5.22. The topological polar surface area (TPSA) is 115 Å². The van der Waals surface area contributed by atoms with E-state index in [9.17, 15) is 49.1 Å². The van der Waals surface area contributed by atoms with E-state index >= 15 is 0 Å². The Bertz CT molecular complexity index is 1700. The van der Waals surface area contributed by atoms with Crippen LogP contribution in [0.3, 0.4) is 0 Å². The first-order valence-electron chi connectivity index (χ1n) is 12.2. The van der Waals surface area contributed by atoms with Crippen LogP contribution in [0.1, 0.15) is 24.0 Å². The molecule has 2 N–H and O–H groups in total. The third-order valence-corrected chi connectivity index (χ3v) is 6.12. The lowest BCUT2D eigenvalue weighted by Crippen LogP contribution is -2.32. The van der Waals surface area contributed by atoms with Gasteiger partial charge in [0.25, 0.3) is 11.1 Å². The van der Waals surface area contributed by atoms with E-state index in [1.807, 2.05) is 0 Å². The second kappa shape index (κ2) is 12.4. The summed E-state index contributed by atoms with van der Waals surface area (Å²) in [5.41, 5.74) is -6.28. The van der Waals surface area contributed by atoms with Crippen molar-refractivity contribution in [2.75, 3.05) is 11.9 Å². The van der Waals surface area contributed by atoms with E-state index in [0.717, 1.165) is 16.7 Å². The number of H-pyrrole nitrogens is 1. The minimum Gasteiger partial charge on any atom is -0.378 e. The highest BCUT2D eigenvalue weighted by atomic mass is 19.4. The first kappa shape index (κ1) is 31.5. The van der Waals surface area contributed by atoms with Gasteiger partial charge in [0.1, 0.15) is 11.3 Å². The molecule has 9 nitrogen and oxygen atoms in total. The predicted molar refractivity (Wildman–Crippen MR) is 133 cm³/mol. The van der Waals surface area contributed by atoms with Gasteiger partial charge in [-0.15, -0.1) is 0 Å². The Hall–Kier alpha value is -4.48. The Morgan fingerprint density at radius 3 is 2.40 bits per heavy atom. The first-order chi connectivity index (χ1) is 20.1. The van der Waals surface area contributed by atoms with Crippen molar-refractivity contribution in [3.63, 3.8) is 0 Å². The fourth-order valence-corrected chi connectivity index (χ4v) is 4.14. The van der Waals surface area contributed by atoms with Crippen LogP contribution in [0.25, 0.3) is 22.3 Å². The largest absolute Gasteiger partial charge is 0.423 e. The van der Waals surface area contributed by atoms with Crippen LogP contribution in [0, 0.1) is 5.82 Å². The van der Waals surface area contributed by atoms with E-state index in [0.29, 0.717) is 18.5 Å². The van der Waals surface area contributed by atoms with Crippen LogP contribution in [0.5, 0.6) is 0 Å². The molecule has 0 saturated carbocycles. The Morgan fingerprint density at radius 1 is 1.02 bits per heavy atom. The molecule has 0 radical (unpaired) electrons. The fraction of sp³-hybridized carbons (Fsp3) is 0.320. The number of alkyl halides is 8. The van der Waals surface area contributed by atoms with Gasteiger partial charge in [-0.25, -0.2) is 14.5 Å². The number of anilines is 1. The van der Waals surface area contributed by atoms with Crippen LogP contribution in [-0.4, -0.2) is 44.0 Å². The smallest absolute Gasteiger partial charge is 0.378 e. The molecule has 0 aliphatic carbocycles. The number of hydrogen-bond acceptors (Lipinski definition) is 7. The Balaban J connectivity index is 1.52. The van der Waals surface area contributed by atoms with Crippen LogP contribution in [0.15, 0.2) is 52.4 Å². The van der Waals surface area contributed by atoms with Crippen molar-refractivity contribution in [3.8, 4) is 11.4 Å². The lowest BCUT2D eigenvalue weighted by Gasteiger charge is -2.22. The van der Waals surface area contributed by atoms with Gasteiger partial charge < -0.3 is 14.6 Å². The third kappa shape index (κ3) is 7.49. The van der Waals surface area contributed by atoms with Gasteiger partial charge in [-0.2, -0.15) is 40.2 Å². The monoisotopic (exact) mass is 622 g/mol. The molecule has 0 fully saturated rings. The van der Waals surface area contributed by atoms with E-state index in [1.54, 1.807) is 5.10 Å². The number of fused-ring (bicyclic) bond motifs is 1. The molecule has 230 valence electrons. The Morgan fingerprint density at radius 2 is 1.77 bits per heavy atom. The van der Waals surface area contributed by atoms with E-state index in [4.69, 9.17) is 0 Å². The summed E-state index contributed by atoms with van der Waals surface area (Å²) < 4.78 is 124. The summed E-state index contributed by atoms with van der Waals surface area (Å²) in [6.45, 7) is -4.09. The molecule has 1 atom stereocenters. The van der Waals surface area contributed by atoms with Gasteiger partial charge in [0.05, 0.1) is 40.7 Å². The average molecular weight is 622 g/mol. The van der Waals surface area contributed by atoms with Crippen LogP contribution in [-0.2, 0) is 23.6 Å². The molecule has 18 heteroatoms. The van der Waals surface area contributed by atoms with Crippen LogP contribution in [0.4, 0.5) is 45.2 Å². The number of aromatic nitrogens is 5. The number of aryl methyl sites for hydroxylation is 1. The highest BCUT2D eigenvalue weighted by Crippen LogP contribution is 2.32. The lowest BCUT2D eigenvalue weighted by molar-refractivity contribution is -0.139. The van der Waals surface area contributed by atoms with Gasteiger partial charge in [-0.3, -0.25) is 14.6 Å². The quantitative estimate of drug-likeness (QED) is 0.233. The van der Waals surface area contributed by atoms with Crippen LogP contribution >= 0.6 is 0 Å². The van der Waals surface area contributed by atoms with Gasteiger partial charge in [0, 0.05) is 25.0 Å². The summed E-state index contributed by atoms with van der Waals surface area (Å²) in [5, 5.41) is 7.11. The summed E-state index contributed by atoms with van der Waals surface area (Å²) >= 11 is 0. The van der Waals surface area contributed by atoms with Gasteiger partial charge >= 0.3 is 19.0 Å². The van der Waals surface area contributed by atoms with Crippen molar-refractivity contribution in [1.82, 2.24) is 24.7 Å². The maximum absolute atomic E-state index is 14.8. The Labute approximate surface area is 234 Å². The van der Waals surface area contributed by atoms with Gasteiger partial charge in [-0.05, 0) is 37.1 Å². The molecule has 0 saturated heterocycles. The zero-order valence-electron chi connectivity index (χ0n) is 21.4. The van der Waals surface area contributed by atoms with Gasteiger partial charge in [-0.1, -0.05) is 0 Å². The molecule has 0 unspecified atom stereocenters. The highest BCUT2D eigenvalue weighted by molar-refractivity contribution is 5.80. The number of nitrogens with zero attached hydrogens (tertiary/aromatic N) is 4. The summed E-state index contributed by atoms with van der Waals surface area (Å²) in [6, 6.07) is 2.64. The molecule has 0 spiro atoms. The van der Waals surface area contributed by atoms with E-state index in [1.165, 1.54) is 12.3 Å². The zero-order valence-corrected chi connectivity index (χ0v) is 21.4. The summed E-state index contributed by atoms with van der Waals surface area (Å²) in [7, 11) is 0. The van der Waals surface area contributed by atoms with Crippen molar-refractivity contribution >= 4 is 16.6 Å². The summed E-state index contributed by atoms with van der Waals surface area (Å²) in [5.74, 6) is -1.03. The van der Waals surface area contributed by atoms with Gasteiger partial charge in [0.15, 0.2) is 5.82 Å². The van der Waals surface area contributed by atoms with Crippen molar-refractivity contribution < 1.29 is 44.3 Å². The maximum atomic E-state index is 14.8. The Kier molecular flexibility index (Phi) is 9.07. The molecular formula is C25H19F9N6O3. The third-order valence-electron chi connectivity index (χ3n) is 6.12. The molecule has 4 heterocycles. The van der Waals surface area contributed by atoms with Crippen LogP contribution in [0.2, 0.25) is 0 Å². The van der Waals surface area contributed by atoms with Crippen molar-refractivity contribution in [1.29, 1.82) is 0 Å². The number of hydrogen-bond donors (Lipinski definition) is 2. The molecular weight excluding hydrogens is 603 g/mol. The molecule has 43 heavy (non-hydrogen) atoms.